The molecule has 8 heteroatoms. The number of amides is 3. The van der Waals surface area contributed by atoms with Gasteiger partial charge >= 0.3 is 0 Å². The van der Waals surface area contributed by atoms with Crippen LogP contribution in [0.5, 0.6) is 11.5 Å². The van der Waals surface area contributed by atoms with Crippen molar-refractivity contribution in [3.05, 3.63) is 94.5 Å². The summed E-state index contributed by atoms with van der Waals surface area (Å²) in [4.78, 5) is 35.4. The monoisotopic (exact) mass is 437 g/mol. The highest BCUT2D eigenvalue weighted by Crippen LogP contribution is 2.22. The quantitative estimate of drug-likeness (QED) is 0.469. The van der Waals surface area contributed by atoms with Gasteiger partial charge < -0.3 is 21.1 Å². The Labute approximate surface area is 184 Å². The molecule has 0 heterocycles. The second-order valence-corrected chi connectivity index (χ2v) is 6.91. The van der Waals surface area contributed by atoms with Gasteiger partial charge in [-0.1, -0.05) is 23.7 Å². The minimum absolute atomic E-state index is 0.262. The Balaban J connectivity index is 1.46. The number of halogens is 1. The fourth-order valence-corrected chi connectivity index (χ4v) is 2.91. The van der Waals surface area contributed by atoms with Crippen LogP contribution < -0.4 is 21.1 Å². The molecule has 0 bridgehead atoms. The number of benzene rings is 3. The van der Waals surface area contributed by atoms with Crippen LogP contribution in [0, 0.1) is 0 Å². The molecular weight excluding hydrogens is 418 g/mol. The van der Waals surface area contributed by atoms with Crippen LogP contribution in [-0.2, 0) is 0 Å². The van der Waals surface area contributed by atoms with Gasteiger partial charge in [0.25, 0.3) is 11.8 Å². The SMILES string of the molecule is NC(=O)c1ccc(Oc2ccc(C(=O)NCCNC(=O)c3ccccc3Cl)cc2)cc1. The number of hydrogen-bond acceptors (Lipinski definition) is 4. The lowest BCUT2D eigenvalue weighted by Crippen LogP contribution is -2.34. The highest BCUT2D eigenvalue weighted by Gasteiger charge is 2.10. The van der Waals surface area contributed by atoms with E-state index >= 15 is 0 Å². The maximum absolute atomic E-state index is 12.3. The lowest BCUT2D eigenvalue weighted by molar-refractivity contribution is 0.0927. The number of carbonyl (C=O) groups is 3. The van der Waals surface area contributed by atoms with Crippen LogP contribution in [0.1, 0.15) is 31.1 Å². The topological polar surface area (TPSA) is 111 Å². The summed E-state index contributed by atoms with van der Waals surface area (Å²) in [6.45, 7) is 0.526. The van der Waals surface area contributed by atoms with E-state index in [1.54, 1.807) is 72.8 Å². The summed E-state index contributed by atoms with van der Waals surface area (Å²) in [7, 11) is 0. The van der Waals surface area contributed by atoms with Crippen molar-refractivity contribution in [1.82, 2.24) is 10.6 Å². The maximum Gasteiger partial charge on any atom is 0.252 e. The number of rotatable bonds is 8. The maximum atomic E-state index is 12.3. The molecule has 0 saturated carbocycles. The highest BCUT2D eigenvalue weighted by atomic mass is 35.5. The Morgan fingerprint density at radius 3 is 1.81 bits per heavy atom. The number of ether oxygens (including phenoxy) is 1. The first-order valence-corrected chi connectivity index (χ1v) is 9.80. The van der Waals surface area contributed by atoms with Crippen molar-refractivity contribution in [2.75, 3.05) is 13.1 Å². The molecule has 0 aliphatic heterocycles. The minimum Gasteiger partial charge on any atom is -0.457 e. The second kappa shape index (κ2) is 10.3. The third-order valence-corrected chi connectivity index (χ3v) is 4.64. The molecule has 0 aliphatic carbocycles. The predicted octanol–water partition coefficient (Wildman–Crippen LogP) is 3.39. The van der Waals surface area contributed by atoms with E-state index in [0.29, 0.717) is 33.2 Å². The lowest BCUT2D eigenvalue weighted by atomic mass is 10.2. The molecule has 158 valence electrons. The molecule has 4 N–H and O–H groups in total. The first-order chi connectivity index (χ1) is 14.9. The number of nitrogens with two attached hydrogens (primary N) is 1. The van der Waals surface area contributed by atoms with Crippen LogP contribution in [0.4, 0.5) is 0 Å². The van der Waals surface area contributed by atoms with Gasteiger partial charge in [0, 0.05) is 24.2 Å². The van der Waals surface area contributed by atoms with Gasteiger partial charge in [-0.25, -0.2) is 0 Å². The first kappa shape index (κ1) is 21.9. The van der Waals surface area contributed by atoms with Gasteiger partial charge in [-0.2, -0.15) is 0 Å². The Bertz CT molecular complexity index is 1080. The van der Waals surface area contributed by atoms with Gasteiger partial charge in [0.15, 0.2) is 0 Å². The van der Waals surface area contributed by atoms with Crippen molar-refractivity contribution < 1.29 is 19.1 Å². The molecule has 0 radical (unpaired) electrons. The standard InChI is InChI=1S/C23H20ClN3O4/c24-20-4-2-1-3-19(20)23(30)27-14-13-26-22(29)16-7-11-18(12-8-16)31-17-9-5-15(6-10-17)21(25)28/h1-12H,13-14H2,(H2,25,28)(H,26,29)(H,27,30). The average molecular weight is 438 g/mol. The Hall–Kier alpha value is -3.84. The van der Waals surface area contributed by atoms with Crippen molar-refractivity contribution in [3.63, 3.8) is 0 Å². The molecule has 3 aromatic carbocycles. The van der Waals surface area contributed by atoms with Gasteiger partial charge in [0.05, 0.1) is 10.6 Å². The Morgan fingerprint density at radius 1 is 0.742 bits per heavy atom. The molecule has 0 atom stereocenters. The van der Waals surface area contributed by atoms with E-state index < -0.39 is 5.91 Å². The normalized spacial score (nSPS) is 10.2. The van der Waals surface area contributed by atoms with E-state index in [1.165, 1.54) is 0 Å². The van der Waals surface area contributed by atoms with E-state index in [4.69, 9.17) is 22.1 Å². The summed E-state index contributed by atoms with van der Waals surface area (Å²) in [6, 6.07) is 19.8. The van der Waals surface area contributed by atoms with Crippen LogP contribution in [0.2, 0.25) is 5.02 Å². The van der Waals surface area contributed by atoms with Crippen molar-refractivity contribution >= 4 is 29.3 Å². The molecule has 31 heavy (non-hydrogen) atoms. The fraction of sp³-hybridized carbons (Fsp3) is 0.0870. The number of nitrogens with one attached hydrogen (secondary N) is 2. The number of primary amides is 1. The highest BCUT2D eigenvalue weighted by molar-refractivity contribution is 6.33. The molecule has 0 fully saturated rings. The molecular formula is C23H20ClN3O4. The Morgan fingerprint density at radius 2 is 1.26 bits per heavy atom. The van der Waals surface area contributed by atoms with Gasteiger partial charge in [-0.15, -0.1) is 0 Å². The van der Waals surface area contributed by atoms with Crippen molar-refractivity contribution in [1.29, 1.82) is 0 Å². The molecule has 0 saturated heterocycles. The summed E-state index contributed by atoms with van der Waals surface area (Å²) in [5, 5.41) is 5.81. The van der Waals surface area contributed by atoms with Crippen LogP contribution in [0.25, 0.3) is 0 Å². The molecule has 3 amide bonds. The molecule has 0 unspecified atom stereocenters. The fourth-order valence-electron chi connectivity index (χ4n) is 2.69. The predicted molar refractivity (Wildman–Crippen MR) is 118 cm³/mol. The summed E-state index contributed by atoms with van der Waals surface area (Å²) >= 11 is 5.99. The van der Waals surface area contributed by atoms with Crippen molar-refractivity contribution in [3.8, 4) is 11.5 Å². The van der Waals surface area contributed by atoms with Gasteiger partial charge in [-0.05, 0) is 60.7 Å². The molecule has 0 spiro atoms. The van der Waals surface area contributed by atoms with E-state index in [9.17, 15) is 14.4 Å². The minimum atomic E-state index is -0.509. The smallest absolute Gasteiger partial charge is 0.252 e. The number of carbonyl (C=O) groups excluding carboxylic acids is 3. The van der Waals surface area contributed by atoms with Crippen LogP contribution in [-0.4, -0.2) is 30.8 Å². The average Bonchev–Trinajstić information content (AvgIpc) is 2.77. The van der Waals surface area contributed by atoms with E-state index in [-0.39, 0.29) is 24.9 Å². The lowest BCUT2D eigenvalue weighted by Gasteiger charge is -2.09. The summed E-state index contributed by atoms with van der Waals surface area (Å²) < 4.78 is 5.68. The summed E-state index contributed by atoms with van der Waals surface area (Å²) in [5.74, 6) is -0.00764. The zero-order valence-corrected chi connectivity index (χ0v) is 17.2. The first-order valence-electron chi connectivity index (χ1n) is 9.43. The Kier molecular flexibility index (Phi) is 7.24. The zero-order valence-electron chi connectivity index (χ0n) is 16.4. The van der Waals surface area contributed by atoms with Gasteiger partial charge in [-0.3, -0.25) is 14.4 Å². The van der Waals surface area contributed by atoms with Crippen LogP contribution in [0.3, 0.4) is 0 Å². The zero-order chi connectivity index (χ0) is 22.2. The van der Waals surface area contributed by atoms with Gasteiger partial charge in [0.1, 0.15) is 11.5 Å². The van der Waals surface area contributed by atoms with E-state index in [0.717, 1.165) is 0 Å². The van der Waals surface area contributed by atoms with E-state index in [1.807, 2.05) is 0 Å². The van der Waals surface area contributed by atoms with Crippen LogP contribution >= 0.6 is 11.6 Å². The van der Waals surface area contributed by atoms with Gasteiger partial charge in [0.2, 0.25) is 5.91 Å². The molecule has 3 rings (SSSR count). The van der Waals surface area contributed by atoms with E-state index in [2.05, 4.69) is 10.6 Å². The molecule has 0 aliphatic rings. The summed E-state index contributed by atoms with van der Waals surface area (Å²) in [6.07, 6.45) is 0. The molecule has 7 nitrogen and oxygen atoms in total. The summed E-state index contributed by atoms with van der Waals surface area (Å²) in [5.41, 5.74) is 6.44. The third kappa shape index (κ3) is 6.07. The van der Waals surface area contributed by atoms with Crippen LogP contribution in [0.15, 0.2) is 72.8 Å². The van der Waals surface area contributed by atoms with Crippen molar-refractivity contribution in [2.45, 2.75) is 0 Å². The number of hydrogen-bond donors (Lipinski definition) is 3. The molecule has 0 aromatic heterocycles. The third-order valence-electron chi connectivity index (χ3n) is 4.31. The van der Waals surface area contributed by atoms with Crippen molar-refractivity contribution in [2.24, 2.45) is 5.73 Å². The second-order valence-electron chi connectivity index (χ2n) is 6.51. The largest absolute Gasteiger partial charge is 0.457 e. The molecule has 3 aromatic rings.